The molecule has 1 aromatic carbocycles. The number of amides is 1. The number of rotatable bonds is 5. The first-order valence-electron chi connectivity index (χ1n) is 8.63. The molecular weight excluding hydrogens is 346 g/mol. The molecule has 3 aromatic rings. The number of hydrogen-bond acceptors (Lipinski definition) is 4. The van der Waals surface area contributed by atoms with E-state index in [9.17, 15) is 4.79 Å². The van der Waals surface area contributed by atoms with Crippen molar-refractivity contribution >= 4 is 39.9 Å². The van der Waals surface area contributed by atoms with E-state index >= 15 is 0 Å². The molecule has 26 heavy (non-hydrogen) atoms. The Bertz CT molecular complexity index is 902. The lowest BCUT2D eigenvalue weighted by molar-refractivity contribution is 0.0953. The Morgan fingerprint density at radius 2 is 2.12 bits per heavy atom. The number of para-hydroxylation sites is 1. The summed E-state index contributed by atoms with van der Waals surface area (Å²) in [5.74, 6) is 0.215. The van der Waals surface area contributed by atoms with Gasteiger partial charge in [0.2, 0.25) is 0 Å². The van der Waals surface area contributed by atoms with Crippen LogP contribution in [0.2, 0.25) is 0 Å². The normalized spacial score (nSPS) is 11.9. The van der Waals surface area contributed by atoms with Crippen molar-refractivity contribution in [3.05, 3.63) is 60.1 Å². The summed E-state index contributed by atoms with van der Waals surface area (Å²) >= 11 is 5.31. The molecule has 0 saturated carbocycles. The second kappa shape index (κ2) is 8.10. The molecule has 0 aliphatic rings. The van der Waals surface area contributed by atoms with Crippen molar-refractivity contribution in [1.29, 1.82) is 0 Å². The van der Waals surface area contributed by atoms with E-state index in [0.29, 0.717) is 11.5 Å². The molecule has 0 saturated heterocycles. The minimum atomic E-state index is -0.391. The standard InChI is InChI=1S/C20H21N3O2S/c1-3-6-13(2)15-7-4-5-8-16(15)22-20(26)23-19(24)18-11-14-12-21-10-9-17(14)25-18/h4-5,7-13H,3,6H2,1-2H3,(H2,22,23,24,26). The van der Waals surface area contributed by atoms with Crippen LogP contribution in [0.3, 0.4) is 0 Å². The third-order valence-corrected chi connectivity index (χ3v) is 4.43. The van der Waals surface area contributed by atoms with E-state index in [-0.39, 0.29) is 10.9 Å². The van der Waals surface area contributed by atoms with Crippen LogP contribution in [-0.4, -0.2) is 16.0 Å². The minimum absolute atomic E-state index is 0.199. The van der Waals surface area contributed by atoms with Gasteiger partial charge in [-0.25, -0.2) is 0 Å². The second-order valence-corrected chi connectivity index (χ2v) is 6.62. The van der Waals surface area contributed by atoms with Gasteiger partial charge in [0.05, 0.1) is 0 Å². The summed E-state index contributed by atoms with van der Waals surface area (Å²) < 4.78 is 5.54. The Labute approximate surface area is 157 Å². The lowest BCUT2D eigenvalue weighted by Gasteiger charge is -2.17. The Morgan fingerprint density at radius 3 is 2.88 bits per heavy atom. The molecule has 1 amide bonds. The molecule has 0 bridgehead atoms. The van der Waals surface area contributed by atoms with Crippen LogP contribution in [0.1, 0.15) is 48.7 Å². The second-order valence-electron chi connectivity index (χ2n) is 6.21. The van der Waals surface area contributed by atoms with Crippen molar-refractivity contribution in [1.82, 2.24) is 10.3 Å². The fourth-order valence-corrected chi connectivity index (χ4v) is 3.15. The molecule has 0 aliphatic carbocycles. The maximum atomic E-state index is 12.4. The molecule has 2 heterocycles. The van der Waals surface area contributed by atoms with Crippen LogP contribution in [-0.2, 0) is 0 Å². The number of fused-ring (bicyclic) bond motifs is 1. The van der Waals surface area contributed by atoms with Crippen molar-refractivity contribution in [2.75, 3.05) is 5.32 Å². The molecule has 6 heteroatoms. The van der Waals surface area contributed by atoms with Crippen LogP contribution in [0.15, 0.2) is 53.2 Å². The van der Waals surface area contributed by atoms with Crippen LogP contribution in [0, 0.1) is 0 Å². The highest BCUT2D eigenvalue weighted by atomic mass is 32.1. The summed E-state index contributed by atoms with van der Waals surface area (Å²) in [7, 11) is 0. The van der Waals surface area contributed by atoms with Gasteiger partial charge in [0.15, 0.2) is 10.9 Å². The number of carbonyl (C=O) groups is 1. The van der Waals surface area contributed by atoms with E-state index < -0.39 is 5.91 Å². The number of nitrogens with one attached hydrogen (secondary N) is 2. The minimum Gasteiger partial charge on any atom is -0.451 e. The Morgan fingerprint density at radius 1 is 1.31 bits per heavy atom. The highest BCUT2D eigenvalue weighted by Gasteiger charge is 2.15. The van der Waals surface area contributed by atoms with Crippen LogP contribution < -0.4 is 10.6 Å². The summed E-state index contributed by atoms with van der Waals surface area (Å²) in [6.07, 6.45) is 5.47. The first kappa shape index (κ1) is 18.1. The largest absolute Gasteiger partial charge is 0.451 e. The Hall–Kier alpha value is -2.73. The molecule has 5 nitrogen and oxygen atoms in total. The SMILES string of the molecule is CCCC(C)c1ccccc1NC(=S)NC(=O)c1cc2cnccc2o1. The van der Waals surface area contributed by atoms with E-state index in [1.54, 1.807) is 24.5 Å². The third kappa shape index (κ3) is 4.08. The molecule has 0 spiro atoms. The number of carbonyl (C=O) groups excluding carboxylic acids is 1. The monoisotopic (exact) mass is 367 g/mol. The van der Waals surface area contributed by atoms with Gasteiger partial charge in [-0.1, -0.05) is 38.5 Å². The molecule has 0 radical (unpaired) electrons. The van der Waals surface area contributed by atoms with Gasteiger partial charge in [0.25, 0.3) is 5.91 Å². The molecule has 3 rings (SSSR count). The zero-order valence-corrected chi connectivity index (χ0v) is 15.6. The average molecular weight is 367 g/mol. The molecule has 1 unspecified atom stereocenters. The van der Waals surface area contributed by atoms with Crippen molar-refractivity contribution in [2.24, 2.45) is 0 Å². The van der Waals surface area contributed by atoms with E-state index in [1.165, 1.54) is 5.56 Å². The zero-order valence-electron chi connectivity index (χ0n) is 14.8. The average Bonchev–Trinajstić information content (AvgIpc) is 3.06. The first-order chi connectivity index (χ1) is 12.6. The van der Waals surface area contributed by atoms with E-state index in [0.717, 1.165) is 23.9 Å². The Kier molecular flexibility index (Phi) is 5.63. The molecule has 2 aromatic heterocycles. The maximum Gasteiger partial charge on any atom is 0.293 e. The van der Waals surface area contributed by atoms with Gasteiger partial charge in [-0.3, -0.25) is 15.1 Å². The van der Waals surface area contributed by atoms with Crippen molar-refractivity contribution in [3.8, 4) is 0 Å². The number of aromatic nitrogens is 1. The Balaban J connectivity index is 1.70. The summed E-state index contributed by atoms with van der Waals surface area (Å²) in [4.78, 5) is 16.4. The highest BCUT2D eigenvalue weighted by molar-refractivity contribution is 7.80. The van der Waals surface area contributed by atoms with Crippen LogP contribution in [0.5, 0.6) is 0 Å². The fourth-order valence-electron chi connectivity index (χ4n) is 2.94. The summed E-state index contributed by atoms with van der Waals surface area (Å²) in [5, 5.41) is 6.81. The van der Waals surface area contributed by atoms with Crippen LogP contribution in [0.25, 0.3) is 11.0 Å². The van der Waals surface area contributed by atoms with Crippen LogP contribution >= 0.6 is 12.2 Å². The molecular formula is C20H21N3O2S. The lowest BCUT2D eigenvalue weighted by atomic mass is 9.95. The van der Waals surface area contributed by atoms with Crippen molar-refractivity contribution in [2.45, 2.75) is 32.6 Å². The van der Waals surface area contributed by atoms with Gasteiger partial charge >= 0.3 is 0 Å². The molecule has 0 aliphatic heterocycles. The maximum absolute atomic E-state index is 12.4. The highest BCUT2D eigenvalue weighted by Crippen LogP contribution is 2.27. The number of benzene rings is 1. The quantitative estimate of drug-likeness (QED) is 0.631. The number of pyridine rings is 1. The third-order valence-electron chi connectivity index (χ3n) is 4.23. The van der Waals surface area contributed by atoms with Gasteiger partial charge in [-0.15, -0.1) is 0 Å². The number of anilines is 1. The smallest absolute Gasteiger partial charge is 0.293 e. The number of thiocarbonyl (C=S) groups is 1. The fraction of sp³-hybridized carbons (Fsp3) is 0.250. The summed E-state index contributed by atoms with van der Waals surface area (Å²) in [5.41, 5.74) is 2.70. The summed E-state index contributed by atoms with van der Waals surface area (Å²) in [6.45, 7) is 4.36. The zero-order chi connectivity index (χ0) is 18.5. The van der Waals surface area contributed by atoms with Crippen molar-refractivity contribution in [3.63, 3.8) is 0 Å². The molecule has 1 atom stereocenters. The van der Waals surface area contributed by atoms with Gasteiger partial charge < -0.3 is 9.73 Å². The van der Waals surface area contributed by atoms with E-state index in [1.807, 2.05) is 18.2 Å². The number of furan rings is 1. The predicted molar refractivity (Wildman–Crippen MR) is 107 cm³/mol. The molecule has 134 valence electrons. The number of hydrogen-bond donors (Lipinski definition) is 2. The van der Waals surface area contributed by atoms with Gasteiger partial charge in [-0.05, 0) is 48.3 Å². The van der Waals surface area contributed by atoms with Gasteiger partial charge in [-0.2, -0.15) is 0 Å². The van der Waals surface area contributed by atoms with Crippen molar-refractivity contribution < 1.29 is 9.21 Å². The predicted octanol–water partition coefficient (Wildman–Crippen LogP) is 4.86. The molecule has 2 N–H and O–H groups in total. The summed E-state index contributed by atoms with van der Waals surface area (Å²) in [6, 6.07) is 11.4. The topological polar surface area (TPSA) is 67.2 Å². The number of nitrogens with zero attached hydrogens (tertiary/aromatic N) is 1. The van der Waals surface area contributed by atoms with E-state index in [4.69, 9.17) is 16.6 Å². The van der Waals surface area contributed by atoms with E-state index in [2.05, 4.69) is 35.5 Å². The lowest BCUT2D eigenvalue weighted by Crippen LogP contribution is -2.34. The van der Waals surface area contributed by atoms with Gasteiger partial charge in [0, 0.05) is 23.5 Å². The van der Waals surface area contributed by atoms with Crippen LogP contribution in [0.4, 0.5) is 5.69 Å². The molecule has 0 fully saturated rings. The first-order valence-corrected chi connectivity index (χ1v) is 9.04. The van der Waals surface area contributed by atoms with Gasteiger partial charge in [0.1, 0.15) is 5.58 Å².